The van der Waals surface area contributed by atoms with Crippen molar-refractivity contribution in [3.63, 3.8) is 0 Å². The number of fused-ring (bicyclic) bond motifs is 1. The van der Waals surface area contributed by atoms with Crippen LogP contribution in [0.25, 0.3) is 22.3 Å². The Bertz CT molecular complexity index is 1430. The number of carbonyl (C=O) groups excluding carboxylic acids is 4. The molecule has 4 rings (SSSR count). The zero-order valence-electron chi connectivity index (χ0n) is 26.3. The number of ketones is 1. The number of carbonyl (C=O) groups is 4. The maximum atomic E-state index is 13.6. The molecule has 12 heteroatoms. The van der Waals surface area contributed by atoms with Crippen molar-refractivity contribution in [2.24, 2.45) is 0 Å². The molecule has 0 bridgehead atoms. The maximum Gasteiger partial charge on any atom is 0.318 e. The third-order valence-electron chi connectivity index (χ3n) is 7.19. The predicted octanol–water partition coefficient (Wildman–Crippen LogP) is 5.55. The summed E-state index contributed by atoms with van der Waals surface area (Å²) in [6, 6.07) is 8.77. The first kappa shape index (κ1) is 38.3. The number of rotatable bonds is 11. The second-order valence-corrected chi connectivity index (χ2v) is 10.1. The standard InChI is InChI=1S/C31H37FN4O4.2CH2O.H2O.3H2/c1-5-6-7-8-9-10-17-33-31(38)36-19-24(18-26(36)21(3)37)40-30-25-15-16-27(39-4)20(2)28(25)34-29(35-30)22-11-13-23(32)14-12-22;2*1-2;;;;/h5-6,11-16,24,26H,7-10,17-19H2,1-4H3,(H,33,38);2*1H2;1H2;3*1H/b6-5-;;;;;;/t24-,26+;;;;;;/m1....../s1. The van der Waals surface area contributed by atoms with Gasteiger partial charge in [0.15, 0.2) is 11.6 Å². The average molecular weight is 633 g/mol. The van der Waals surface area contributed by atoms with E-state index in [1.165, 1.54) is 19.1 Å². The van der Waals surface area contributed by atoms with Gasteiger partial charge in [-0.1, -0.05) is 18.6 Å². The van der Waals surface area contributed by atoms with Gasteiger partial charge in [-0.3, -0.25) is 4.79 Å². The minimum Gasteiger partial charge on any atom is -0.496 e. The molecule has 3 aromatic rings. The van der Waals surface area contributed by atoms with Crippen molar-refractivity contribution in [2.45, 2.75) is 65.0 Å². The molecule has 2 aromatic carbocycles. The van der Waals surface area contributed by atoms with Crippen LogP contribution in [0.15, 0.2) is 48.6 Å². The van der Waals surface area contributed by atoms with Crippen LogP contribution in [0.5, 0.6) is 11.6 Å². The van der Waals surface area contributed by atoms with Crippen molar-refractivity contribution in [1.29, 1.82) is 0 Å². The fourth-order valence-electron chi connectivity index (χ4n) is 5.00. The Morgan fingerprint density at radius 3 is 2.40 bits per heavy atom. The Morgan fingerprint density at radius 1 is 1.09 bits per heavy atom. The maximum absolute atomic E-state index is 13.6. The van der Waals surface area contributed by atoms with E-state index in [2.05, 4.69) is 16.4 Å². The van der Waals surface area contributed by atoms with Crippen molar-refractivity contribution >= 4 is 36.3 Å². The summed E-state index contributed by atoms with van der Waals surface area (Å²) in [5.74, 6) is 0.944. The molecule has 1 aliphatic rings. The molecular formula is C33H49FN4O7. The van der Waals surface area contributed by atoms with Gasteiger partial charge < -0.3 is 34.8 Å². The van der Waals surface area contributed by atoms with Crippen LogP contribution in [0, 0.1) is 12.7 Å². The molecule has 0 unspecified atom stereocenters. The topological polar surface area (TPSA) is 159 Å². The number of allylic oxidation sites excluding steroid dienone is 2. The minimum atomic E-state index is -0.578. The highest BCUT2D eigenvalue weighted by Gasteiger charge is 2.39. The number of methoxy groups -OCH3 is 1. The molecule has 1 aromatic heterocycles. The highest BCUT2D eigenvalue weighted by Crippen LogP contribution is 2.34. The summed E-state index contributed by atoms with van der Waals surface area (Å²) in [5, 5.41) is 3.65. The Hall–Kier alpha value is -4.71. The molecule has 1 saturated heterocycles. The van der Waals surface area contributed by atoms with Gasteiger partial charge in [0.05, 0.1) is 30.6 Å². The summed E-state index contributed by atoms with van der Waals surface area (Å²) >= 11 is 0. The number of amides is 2. The Kier molecular flexibility index (Phi) is 16.6. The molecule has 2 heterocycles. The molecular weight excluding hydrogens is 583 g/mol. The van der Waals surface area contributed by atoms with Gasteiger partial charge in [0.25, 0.3) is 0 Å². The predicted molar refractivity (Wildman–Crippen MR) is 177 cm³/mol. The van der Waals surface area contributed by atoms with Crippen LogP contribution in [0.2, 0.25) is 0 Å². The van der Waals surface area contributed by atoms with Crippen LogP contribution >= 0.6 is 0 Å². The van der Waals surface area contributed by atoms with E-state index < -0.39 is 12.1 Å². The monoisotopic (exact) mass is 632 g/mol. The molecule has 1 aliphatic heterocycles. The molecule has 1 fully saturated rings. The smallest absolute Gasteiger partial charge is 0.318 e. The van der Waals surface area contributed by atoms with Crippen LogP contribution in [0.3, 0.4) is 0 Å². The number of Topliss-reactive ketones (excluding diaryl/α,β-unsaturated/α-hetero) is 1. The number of hydrogen-bond donors (Lipinski definition) is 1. The molecule has 45 heavy (non-hydrogen) atoms. The van der Waals surface area contributed by atoms with Gasteiger partial charge in [-0.05, 0) is 76.4 Å². The first-order valence-electron chi connectivity index (χ1n) is 14.3. The van der Waals surface area contributed by atoms with Crippen molar-refractivity contribution in [3.05, 3.63) is 59.9 Å². The lowest BCUT2D eigenvalue weighted by Crippen LogP contribution is -2.46. The van der Waals surface area contributed by atoms with Gasteiger partial charge in [0.2, 0.25) is 5.88 Å². The molecule has 0 radical (unpaired) electrons. The van der Waals surface area contributed by atoms with Crippen LogP contribution in [0.1, 0.15) is 55.8 Å². The largest absolute Gasteiger partial charge is 0.496 e. The number of aromatic nitrogens is 2. The van der Waals surface area contributed by atoms with Crippen LogP contribution in [0.4, 0.5) is 9.18 Å². The van der Waals surface area contributed by atoms with E-state index in [1.807, 2.05) is 45.6 Å². The highest BCUT2D eigenvalue weighted by atomic mass is 19.1. The number of hydrogen-bond acceptors (Lipinski definition) is 8. The number of nitrogens with zero attached hydrogens (tertiary/aromatic N) is 3. The van der Waals surface area contributed by atoms with Crippen LogP contribution in [-0.4, -0.2) is 78.1 Å². The van der Waals surface area contributed by atoms with Gasteiger partial charge >= 0.3 is 6.03 Å². The second kappa shape index (κ2) is 19.5. The molecule has 11 nitrogen and oxygen atoms in total. The molecule has 250 valence electrons. The van der Waals surface area contributed by atoms with Gasteiger partial charge in [0, 0.05) is 28.4 Å². The number of nitrogens with one attached hydrogen (secondary N) is 1. The van der Waals surface area contributed by atoms with E-state index in [9.17, 15) is 14.0 Å². The van der Waals surface area contributed by atoms with Crippen molar-refractivity contribution < 1.29 is 42.8 Å². The summed E-state index contributed by atoms with van der Waals surface area (Å²) < 4.78 is 25.5. The first-order valence-corrected chi connectivity index (χ1v) is 14.3. The number of aryl methyl sites for hydroxylation is 1. The zero-order chi connectivity index (χ0) is 32.6. The van der Waals surface area contributed by atoms with E-state index in [4.69, 9.17) is 24.0 Å². The summed E-state index contributed by atoms with van der Waals surface area (Å²) in [4.78, 5) is 52.5. The Morgan fingerprint density at radius 2 is 1.78 bits per heavy atom. The van der Waals surface area contributed by atoms with Crippen molar-refractivity contribution in [1.82, 2.24) is 20.2 Å². The lowest BCUT2D eigenvalue weighted by Gasteiger charge is -2.22. The molecule has 0 spiro atoms. The number of ether oxygens (including phenoxy) is 2. The lowest BCUT2D eigenvalue weighted by atomic mass is 10.1. The molecule has 2 amide bonds. The van der Waals surface area contributed by atoms with Gasteiger partial charge in [-0.15, -0.1) is 0 Å². The molecule has 3 N–H and O–H groups in total. The average Bonchev–Trinajstić information content (AvgIpc) is 3.47. The fraction of sp³-hybridized carbons (Fsp3) is 0.394. The van der Waals surface area contributed by atoms with Gasteiger partial charge in [-0.25, -0.2) is 14.2 Å². The van der Waals surface area contributed by atoms with Crippen LogP contribution < -0.4 is 14.8 Å². The van der Waals surface area contributed by atoms with Crippen molar-refractivity contribution in [3.8, 4) is 23.0 Å². The normalized spacial score (nSPS) is 15.3. The Labute approximate surface area is 267 Å². The van der Waals surface area contributed by atoms with E-state index in [-0.39, 0.29) is 33.9 Å². The summed E-state index contributed by atoms with van der Waals surface area (Å²) in [6.45, 7) is 10.2. The third-order valence-corrected chi connectivity index (χ3v) is 7.19. The van der Waals surface area contributed by atoms with Crippen molar-refractivity contribution in [2.75, 3.05) is 20.2 Å². The fourth-order valence-corrected chi connectivity index (χ4v) is 5.00. The number of likely N-dealkylation sites (tertiary alicyclic amines) is 1. The van der Waals surface area contributed by atoms with Gasteiger partial charge in [-0.2, -0.15) is 4.98 Å². The molecule has 2 atom stereocenters. The van der Waals surface area contributed by atoms with Crippen LogP contribution in [-0.2, 0) is 14.4 Å². The molecule has 0 aliphatic carbocycles. The molecule has 0 saturated carbocycles. The van der Waals surface area contributed by atoms with E-state index >= 15 is 0 Å². The van der Waals surface area contributed by atoms with E-state index in [0.717, 1.165) is 31.2 Å². The number of urea groups is 1. The number of benzene rings is 2. The highest BCUT2D eigenvalue weighted by molar-refractivity contribution is 5.90. The van der Waals surface area contributed by atoms with E-state index in [1.54, 1.807) is 24.1 Å². The summed E-state index contributed by atoms with van der Waals surface area (Å²) in [6.07, 6.45) is 8.12. The van der Waals surface area contributed by atoms with E-state index in [0.29, 0.717) is 46.9 Å². The quantitative estimate of drug-likeness (QED) is 0.213. The minimum absolute atomic E-state index is 0. The summed E-state index contributed by atoms with van der Waals surface area (Å²) in [7, 11) is 1.59. The number of unbranched alkanes of at least 4 members (excludes halogenated alkanes) is 3. The lowest BCUT2D eigenvalue weighted by molar-refractivity contribution is -0.120. The zero-order valence-corrected chi connectivity index (χ0v) is 26.3. The Balaban J connectivity index is -0.00000244. The third kappa shape index (κ3) is 10.2. The summed E-state index contributed by atoms with van der Waals surface area (Å²) in [5.41, 5.74) is 2.10. The second-order valence-electron chi connectivity index (χ2n) is 10.1. The number of halogens is 1. The first-order chi connectivity index (χ1) is 21.3. The SMILES string of the molecule is C/C=C\CCCCCNC(=O)N1C[C@H](Oc2nc(-c3ccc(F)cc3)nc3c(C)c(OC)ccc23)C[C@H]1C(C)=O.C=O.C=O.O.[HH].[HH].[HH]. The van der Waals surface area contributed by atoms with Gasteiger partial charge in [0.1, 0.15) is 31.2 Å².